The summed E-state index contributed by atoms with van der Waals surface area (Å²) in [6.07, 6.45) is 1.26. The summed E-state index contributed by atoms with van der Waals surface area (Å²) >= 11 is 0. The predicted molar refractivity (Wildman–Crippen MR) is 74.0 cm³/mol. The lowest BCUT2D eigenvalue weighted by Crippen LogP contribution is -2.16. The second-order valence-electron chi connectivity index (χ2n) is 7.20. The van der Waals surface area contributed by atoms with Gasteiger partial charge in [-0.1, -0.05) is 58.9 Å². The largest absolute Gasteiger partial charge is 0.324 e. The van der Waals surface area contributed by atoms with Gasteiger partial charge in [-0.15, -0.1) is 0 Å². The molecule has 0 saturated heterocycles. The summed E-state index contributed by atoms with van der Waals surface area (Å²) in [6, 6.07) is 9.08. The van der Waals surface area contributed by atoms with Crippen molar-refractivity contribution < 1.29 is 0 Å². The van der Waals surface area contributed by atoms with E-state index in [-0.39, 0.29) is 11.5 Å². The van der Waals surface area contributed by atoms with Crippen molar-refractivity contribution in [1.29, 1.82) is 0 Å². The molecule has 0 spiro atoms. The molecule has 1 heteroatoms. The highest BCUT2D eigenvalue weighted by molar-refractivity contribution is 5.30. The average Bonchev–Trinajstić information content (AvgIpc) is 2.86. The molecule has 0 radical (unpaired) electrons. The molecule has 0 aromatic heterocycles. The number of hydrogen-bond donors (Lipinski definition) is 1. The van der Waals surface area contributed by atoms with Crippen molar-refractivity contribution in [2.45, 2.75) is 52.5 Å². The van der Waals surface area contributed by atoms with E-state index in [1.165, 1.54) is 17.5 Å². The van der Waals surface area contributed by atoms with Gasteiger partial charge < -0.3 is 5.73 Å². The van der Waals surface area contributed by atoms with E-state index in [9.17, 15) is 0 Å². The Morgan fingerprint density at radius 2 is 1.65 bits per heavy atom. The zero-order chi connectivity index (χ0) is 12.8. The SMILES string of the molecule is CC(C)(C)c1ccc(C(N)C2CC2(C)C)cc1. The molecule has 1 nitrogen and oxygen atoms in total. The lowest BCUT2D eigenvalue weighted by Gasteiger charge is -2.20. The van der Waals surface area contributed by atoms with E-state index in [0.29, 0.717) is 11.3 Å². The molecule has 1 aromatic carbocycles. The molecule has 17 heavy (non-hydrogen) atoms. The Kier molecular flexibility index (Phi) is 2.86. The molecule has 1 aromatic rings. The monoisotopic (exact) mass is 231 g/mol. The first-order valence-corrected chi connectivity index (χ1v) is 6.58. The van der Waals surface area contributed by atoms with E-state index in [4.69, 9.17) is 5.73 Å². The van der Waals surface area contributed by atoms with Gasteiger partial charge in [0.1, 0.15) is 0 Å². The van der Waals surface area contributed by atoms with Gasteiger partial charge in [0.05, 0.1) is 0 Å². The highest BCUT2D eigenvalue weighted by Crippen LogP contribution is 2.56. The van der Waals surface area contributed by atoms with Gasteiger partial charge in [-0.05, 0) is 34.3 Å². The minimum Gasteiger partial charge on any atom is -0.324 e. The van der Waals surface area contributed by atoms with E-state index >= 15 is 0 Å². The van der Waals surface area contributed by atoms with Crippen molar-refractivity contribution >= 4 is 0 Å². The first kappa shape index (κ1) is 12.6. The Morgan fingerprint density at radius 3 is 2.00 bits per heavy atom. The van der Waals surface area contributed by atoms with Gasteiger partial charge in [0.25, 0.3) is 0 Å². The predicted octanol–water partition coefficient (Wildman–Crippen LogP) is 4.03. The topological polar surface area (TPSA) is 26.0 Å². The molecule has 0 aliphatic heterocycles. The van der Waals surface area contributed by atoms with Crippen LogP contribution in [0.25, 0.3) is 0 Å². The number of hydrogen-bond acceptors (Lipinski definition) is 1. The van der Waals surface area contributed by atoms with Gasteiger partial charge in [-0.25, -0.2) is 0 Å². The summed E-state index contributed by atoms with van der Waals surface area (Å²) in [7, 11) is 0. The Morgan fingerprint density at radius 1 is 1.18 bits per heavy atom. The normalized spacial score (nSPS) is 24.5. The summed E-state index contributed by atoms with van der Waals surface area (Å²) in [5.74, 6) is 0.656. The fourth-order valence-corrected chi connectivity index (χ4v) is 2.56. The molecular weight excluding hydrogens is 206 g/mol. The van der Waals surface area contributed by atoms with Gasteiger partial charge in [0.2, 0.25) is 0 Å². The van der Waals surface area contributed by atoms with E-state index in [1.54, 1.807) is 0 Å². The zero-order valence-corrected chi connectivity index (χ0v) is 11.7. The van der Waals surface area contributed by atoms with E-state index in [2.05, 4.69) is 58.9 Å². The Hall–Kier alpha value is -0.820. The lowest BCUT2D eigenvalue weighted by atomic mass is 9.86. The quantitative estimate of drug-likeness (QED) is 0.817. The molecule has 1 aliphatic rings. The number of rotatable bonds is 2. The van der Waals surface area contributed by atoms with Crippen LogP contribution in [0.3, 0.4) is 0 Å². The molecule has 1 saturated carbocycles. The van der Waals surface area contributed by atoms with Gasteiger partial charge in [0.15, 0.2) is 0 Å². The van der Waals surface area contributed by atoms with Crippen molar-refractivity contribution in [2.24, 2.45) is 17.1 Å². The van der Waals surface area contributed by atoms with E-state index in [1.807, 2.05) is 0 Å². The van der Waals surface area contributed by atoms with Gasteiger partial charge in [0, 0.05) is 6.04 Å². The zero-order valence-electron chi connectivity index (χ0n) is 11.7. The van der Waals surface area contributed by atoms with Gasteiger partial charge >= 0.3 is 0 Å². The molecule has 2 unspecified atom stereocenters. The third-order valence-electron chi connectivity index (χ3n) is 4.18. The molecule has 0 amide bonds. The number of benzene rings is 1. The minimum atomic E-state index is 0.207. The molecule has 0 bridgehead atoms. The van der Waals surface area contributed by atoms with Crippen molar-refractivity contribution in [1.82, 2.24) is 0 Å². The average molecular weight is 231 g/mol. The maximum absolute atomic E-state index is 6.34. The van der Waals surface area contributed by atoms with Crippen LogP contribution in [0.5, 0.6) is 0 Å². The van der Waals surface area contributed by atoms with Crippen LogP contribution in [0.2, 0.25) is 0 Å². The molecular formula is C16H25N. The van der Waals surface area contributed by atoms with Crippen molar-refractivity contribution in [2.75, 3.05) is 0 Å². The number of nitrogens with two attached hydrogens (primary N) is 1. The maximum atomic E-state index is 6.34. The molecule has 94 valence electrons. The van der Waals surface area contributed by atoms with Crippen LogP contribution in [-0.2, 0) is 5.41 Å². The second kappa shape index (κ2) is 3.84. The van der Waals surface area contributed by atoms with Crippen LogP contribution in [0.1, 0.15) is 58.2 Å². The Bertz CT molecular complexity index is 395. The van der Waals surface area contributed by atoms with Crippen LogP contribution < -0.4 is 5.73 Å². The second-order valence-corrected chi connectivity index (χ2v) is 7.20. The third-order valence-corrected chi connectivity index (χ3v) is 4.18. The van der Waals surface area contributed by atoms with Crippen molar-refractivity contribution in [3.8, 4) is 0 Å². The minimum absolute atomic E-state index is 0.207. The summed E-state index contributed by atoms with van der Waals surface area (Å²) in [6.45, 7) is 11.3. The molecule has 2 atom stereocenters. The first-order valence-electron chi connectivity index (χ1n) is 6.58. The Balaban J connectivity index is 2.14. The van der Waals surface area contributed by atoms with Crippen LogP contribution in [-0.4, -0.2) is 0 Å². The summed E-state index contributed by atoms with van der Waals surface area (Å²) < 4.78 is 0. The summed E-state index contributed by atoms with van der Waals surface area (Å²) in [5.41, 5.74) is 9.67. The lowest BCUT2D eigenvalue weighted by molar-refractivity contribution is 0.491. The van der Waals surface area contributed by atoms with Crippen molar-refractivity contribution in [3.63, 3.8) is 0 Å². The fourth-order valence-electron chi connectivity index (χ4n) is 2.56. The van der Waals surface area contributed by atoms with Crippen LogP contribution in [0.4, 0.5) is 0 Å². The third kappa shape index (κ3) is 2.55. The molecule has 2 rings (SSSR count). The van der Waals surface area contributed by atoms with Crippen molar-refractivity contribution in [3.05, 3.63) is 35.4 Å². The smallest absolute Gasteiger partial charge is 0.0328 e. The van der Waals surface area contributed by atoms with Gasteiger partial charge in [-0.2, -0.15) is 0 Å². The van der Waals surface area contributed by atoms with E-state index < -0.39 is 0 Å². The van der Waals surface area contributed by atoms with Gasteiger partial charge in [-0.3, -0.25) is 0 Å². The van der Waals surface area contributed by atoms with E-state index in [0.717, 1.165) is 0 Å². The van der Waals surface area contributed by atoms with Crippen LogP contribution >= 0.6 is 0 Å². The Labute approximate surface area is 105 Å². The molecule has 0 heterocycles. The van der Waals surface area contributed by atoms with Crippen LogP contribution in [0.15, 0.2) is 24.3 Å². The fraction of sp³-hybridized carbons (Fsp3) is 0.625. The van der Waals surface area contributed by atoms with Crippen LogP contribution in [0, 0.1) is 11.3 Å². The first-order chi connectivity index (χ1) is 7.72. The maximum Gasteiger partial charge on any atom is 0.0328 e. The standard InChI is InChI=1S/C16H25N/c1-15(2,3)12-8-6-11(7-9-12)14(17)13-10-16(13,4)5/h6-9,13-14H,10,17H2,1-5H3. The summed E-state index contributed by atoms with van der Waals surface area (Å²) in [5, 5.41) is 0. The molecule has 1 aliphatic carbocycles. The highest BCUT2D eigenvalue weighted by atomic mass is 14.7. The molecule has 2 N–H and O–H groups in total. The highest BCUT2D eigenvalue weighted by Gasteiger charge is 2.49. The summed E-state index contributed by atoms with van der Waals surface area (Å²) in [4.78, 5) is 0. The molecule has 1 fully saturated rings.